The van der Waals surface area contributed by atoms with Crippen LogP contribution in [0.4, 0.5) is 11.4 Å². The number of amides is 3. The molecule has 220 valence electrons. The molecule has 0 spiro atoms. The molecule has 0 heterocycles. The summed E-state index contributed by atoms with van der Waals surface area (Å²) in [5.41, 5.74) is 6.93. The monoisotopic (exact) mass is 639 g/mol. The van der Waals surface area contributed by atoms with Crippen molar-refractivity contribution < 1.29 is 39.3 Å². The predicted octanol–water partition coefficient (Wildman–Crippen LogP) is 3.44. The molecular weight excluding hydrogens is 610 g/mol. The number of halogens is 1. The van der Waals surface area contributed by atoms with Crippen LogP contribution in [0, 0.1) is 0 Å². The van der Waals surface area contributed by atoms with E-state index in [9.17, 15) is 39.3 Å². The summed E-state index contributed by atoms with van der Waals surface area (Å²) >= 11 is 3.38. The Kier molecular flexibility index (Phi) is 10.6. The van der Waals surface area contributed by atoms with Crippen molar-refractivity contribution in [1.82, 2.24) is 4.90 Å². The van der Waals surface area contributed by atoms with Gasteiger partial charge in [0.2, 0.25) is 11.8 Å². The maximum Gasteiger partial charge on any atom is 0.395 e. The van der Waals surface area contributed by atoms with Crippen LogP contribution in [0.3, 0.4) is 0 Å². The third kappa shape index (κ3) is 7.20. The fraction of sp³-hybridized carbons (Fsp3) is 0.233. The highest BCUT2D eigenvalue weighted by atomic mass is 79.9. The SMILES string of the molecule is CC(=O)N([C@H](C)c1ccc(Br)cc1)[C@@H](Cc1ccc(N(C(=O)C(=O)O)c2ccccc2C(=O)O)c(CCO)c1)C(N)=O. The predicted molar refractivity (Wildman–Crippen MR) is 157 cm³/mol. The van der Waals surface area contributed by atoms with Gasteiger partial charge in [0, 0.05) is 24.4 Å². The Morgan fingerprint density at radius 1 is 0.929 bits per heavy atom. The van der Waals surface area contributed by atoms with E-state index in [1.165, 1.54) is 48.2 Å². The number of hydrogen-bond acceptors (Lipinski definition) is 6. The number of aliphatic hydroxyl groups excluding tert-OH is 1. The van der Waals surface area contributed by atoms with E-state index in [0.717, 1.165) is 14.9 Å². The van der Waals surface area contributed by atoms with E-state index < -0.39 is 35.8 Å². The van der Waals surface area contributed by atoms with Crippen LogP contribution in [0.15, 0.2) is 71.2 Å². The highest BCUT2D eigenvalue weighted by molar-refractivity contribution is 9.10. The number of carbonyl (C=O) groups excluding carboxylic acids is 3. The van der Waals surface area contributed by atoms with Gasteiger partial charge in [-0.15, -0.1) is 0 Å². The molecule has 3 aromatic rings. The summed E-state index contributed by atoms with van der Waals surface area (Å²) < 4.78 is 0.845. The number of anilines is 2. The Bertz CT molecular complexity index is 1510. The zero-order chi connectivity index (χ0) is 31.1. The zero-order valence-electron chi connectivity index (χ0n) is 22.9. The highest BCUT2D eigenvalue weighted by Crippen LogP contribution is 2.34. The van der Waals surface area contributed by atoms with Gasteiger partial charge in [-0.05, 0) is 60.4 Å². The van der Waals surface area contributed by atoms with Gasteiger partial charge in [0.15, 0.2) is 0 Å². The van der Waals surface area contributed by atoms with Crippen LogP contribution in [0.25, 0.3) is 0 Å². The number of carboxylic acids is 2. The molecule has 0 aliphatic carbocycles. The lowest BCUT2D eigenvalue weighted by atomic mass is 9.96. The van der Waals surface area contributed by atoms with E-state index in [0.29, 0.717) is 11.1 Å². The molecule has 3 amide bonds. The Labute approximate surface area is 250 Å². The van der Waals surface area contributed by atoms with Crippen LogP contribution in [-0.2, 0) is 32.0 Å². The number of aromatic carboxylic acids is 1. The number of nitrogens with two attached hydrogens (primary N) is 1. The molecule has 5 N–H and O–H groups in total. The fourth-order valence-corrected chi connectivity index (χ4v) is 5.09. The molecule has 0 unspecified atom stereocenters. The molecule has 0 aliphatic rings. The first-order valence-electron chi connectivity index (χ1n) is 12.8. The van der Waals surface area contributed by atoms with Gasteiger partial charge in [-0.3, -0.25) is 19.3 Å². The second-order valence-corrected chi connectivity index (χ2v) is 10.4. The minimum atomic E-state index is -1.82. The first-order valence-corrected chi connectivity index (χ1v) is 13.6. The zero-order valence-corrected chi connectivity index (χ0v) is 24.4. The fourth-order valence-electron chi connectivity index (χ4n) is 4.82. The summed E-state index contributed by atoms with van der Waals surface area (Å²) in [6.07, 6.45) is -0.0537. The van der Waals surface area contributed by atoms with Crippen molar-refractivity contribution in [3.05, 3.63) is 93.5 Å². The van der Waals surface area contributed by atoms with E-state index >= 15 is 0 Å². The quantitative estimate of drug-likeness (QED) is 0.230. The smallest absolute Gasteiger partial charge is 0.395 e. The van der Waals surface area contributed by atoms with Crippen molar-refractivity contribution in [2.24, 2.45) is 5.73 Å². The first kappa shape index (κ1) is 32.0. The maximum absolute atomic E-state index is 12.9. The lowest BCUT2D eigenvalue weighted by Crippen LogP contribution is -2.49. The van der Waals surface area contributed by atoms with Gasteiger partial charge in [0.25, 0.3) is 0 Å². The van der Waals surface area contributed by atoms with Crippen LogP contribution < -0.4 is 10.6 Å². The van der Waals surface area contributed by atoms with Crippen LogP contribution in [0.5, 0.6) is 0 Å². The van der Waals surface area contributed by atoms with Gasteiger partial charge in [0.1, 0.15) is 6.04 Å². The molecule has 42 heavy (non-hydrogen) atoms. The number of aliphatic hydroxyl groups is 1. The maximum atomic E-state index is 12.9. The number of aliphatic carboxylic acids is 1. The Morgan fingerprint density at radius 2 is 1.57 bits per heavy atom. The number of benzene rings is 3. The molecule has 0 radical (unpaired) electrons. The summed E-state index contributed by atoms with van der Waals surface area (Å²) in [6.45, 7) is 2.72. The van der Waals surface area contributed by atoms with Crippen molar-refractivity contribution in [2.45, 2.75) is 38.8 Å². The summed E-state index contributed by atoms with van der Waals surface area (Å²) in [7, 11) is 0. The van der Waals surface area contributed by atoms with Crippen molar-refractivity contribution in [3.63, 3.8) is 0 Å². The van der Waals surface area contributed by atoms with E-state index in [1.807, 2.05) is 24.3 Å². The van der Waals surface area contributed by atoms with Gasteiger partial charge in [-0.2, -0.15) is 0 Å². The molecule has 0 bridgehead atoms. The summed E-state index contributed by atoms with van der Waals surface area (Å²) in [5.74, 6) is -5.73. The number of para-hydroxylation sites is 1. The van der Waals surface area contributed by atoms with Gasteiger partial charge in [-0.25, -0.2) is 9.59 Å². The van der Waals surface area contributed by atoms with Gasteiger partial charge in [0.05, 0.1) is 23.0 Å². The Hall–Kier alpha value is -4.55. The third-order valence-corrected chi connectivity index (χ3v) is 7.28. The van der Waals surface area contributed by atoms with E-state index in [2.05, 4.69) is 15.9 Å². The van der Waals surface area contributed by atoms with Gasteiger partial charge < -0.3 is 26.0 Å². The number of carbonyl (C=O) groups is 5. The number of nitrogens with zero attached hydrogens (tertiary/aromatic N) is 2. The largest absolute Gasteiger partial charge is 0.478 e. The molecule has 0 fully saturated rings. The average molecular weight is 640 g/mol. The minimum absolute atomic E-state index is 0.0208. The van der Waals surface area contributed by atoms with Crippen molar-refractivity contribution >= 4 is 57.0 Å². The summed E-state index contributed by atoms with van der Waals surface area (Å²) in [4.78, 5) is 64.2. The molecule has 0 saturated carbocycles. The standard InChI is InChI=1S/C30H30BrN3O8/c1-17(20-8-10-22(31)11-9-20)33(18(2)36)26(27(32)37)16-19-7-12-24(21(15-19)13-14-35)34(28(38)30(41)42)25-6-4-3-5-23(25)29(39)40/h3-12,15,17,26,35H,13-14,16H2,1-2H3,(H2,32,37)(H,39,40)(H,41,42)/t17-,26+/m1/s1. The molecule has 12 heteroatoms. The molecule has 3 aromatic carbocycles. The van der Waals surface area contributed by atoms with Crippen molar-refractivity contribution in [3.8, 4) is 0 Å². The molecule has 0 aromatic heterocycles. The lowest BCUT2D eigenvalue weighted by Gasteiger charge is -2.35. The summed E-state index contributed by atoms with van der Waals surface area (Å²) in [5, 5.41) is 29.0. The van der Waals surface area contributed by atoms with Crippen LogP contribution in [0.2, 0.25) is 0 Å². The normalized spacial score (nSPS) is 12.2. The summed E-state index contributed by atoms with van der Waals surface area (Å²) in [6, 6.07) is 15.6. The minimum Gasteiger partial charge on any atom is -0.478 e. The topological polar surface area (TPSA) is 179 Å². The van der Waals surface area contributed by atoms with Crippen LogP contribution in [-0.4, -0.2) is 62.5 Å². The molecule has 0 aliphatic heterocycles. The highest BCUT2D eigenvalue weighted by Gasteiger charge is 2.33. The lowest BCUT2D eigenvalue weighted by molar-refractivity contribution is -0.148. The van der Waals surface area contributed by atoms with Crippen molar-refractivity contribution in [1.29, 1.82) is 0 Å². The molecule has 11 nitrogen and oxygen atoms in total. The van der Waals surface area contributed by atoms with Gasteiger partial charge in [-0.1, -0.05) is 52.3 Å². The second kappa shape index (κ2) is 13.9. The van der Waals surface area contributed by atoms with E-state index in [1.54, 1.807) is 13.0 Å². The second-order valence-electron chi connectivity index (χ2n) is 9.48. The average Bonchev–Trinajstić information content (AvgIpc) is 2.94. The number of carboxylic acid groups (broad SMARTS) is 2. The van der Waals surface area contributed by atoms with Crippen LogP contribution in [0.1, 0.15) is 46.9 Å². The Morgan fingerprint density at radius 3 is 2.12 bits per heavy atom. The molecule has 0 saturated heterocycles. The van der Waals surface area contributed by atoms with Gasteiger partial charge >= 0.3 is 17.8 Å². The molecule has 2 atom stereocenters. The third-order valence-electron chi connectivity index (χ3n) is 6.75. The number of hydrogen-bond donors (Lipinski definition) is 4. The number of primary amides is 1. The Balaban J connectivity index is 2.10. The molecule has 3 rings (SSSR count). The number of rotatable bonds is 11. The first-order chi connectivity index (χ1) is 19.9. The van der Waals surface area contributed by atoms with Crippen LogP contribution >= 0.6 is 15.9 Å². The molecular formula is C30H30BrN3O8. The van der Waals surface area contributed by atoms with Crippen molar-refractivity contribution in [2.75, 3.05) is 11.5 Å². The van der Waals surface area contributed by atoms with E-state index in [4.69, 9.17) is 5.73 Å². The van der Waals surface area contributed by atoms with E-state index in [-0.39, 0.29) is 42.3 Å².